The standard InChI is InChI=1S/C36H36BrN3O5.ClH/c1-23-8-7-9-32(39-18-5-4-6-19-39)35(23)40(34(42)21-28-20-33(45-3)30(36(43)44)22-31(28)37)38-29-16-14-27(15-17-29)26-12-10-25(11-13-26)24(2)41;/h7-17,20,22,38H,4-6,18-19,21H2,1-3H3,(H,43,44);1H. The van der Waals surface area contributed by atoms with Gasteiger partial charge in [-0.25, -0.2) is 9.80 Å². The van der Waals surface area contributed by atoms with E-state index >= 15 is 0 Å². The minimum absolute atomic E-state index is 0. The molecule has 0 bridgehead atoms. The molecule has 0 radical (unpaired) electrons. The lowest BCUT2D eigenvalue weighted by atomic mass is 10.0. The zero-order valence-corrected chi connectivity index (χ0v) is 28.4. The average Bonchev–Trinajstić information content (AvgIpc) is 3.05. The molecule has 0 atom stereocenters. The van der Waals surface area contributed by atoms with Gasteiger partial charge < -0.3 is 14.7 Å². The number of hydrogen-bond donors (Lipinski definition) is 2. The second kappa shape index (κ2) is 15.3. The molecule has 0 aliphatic carbocycles. The molecule has 0 saturated carbocycles. The number of nitrogens with zero attached hydrogens (tertiary/aromatic N) is 2. The molecule has 5 rings (SSSR count). The Labute approximate surface area is 283 Å². The summed E-state index contributed by atoms with van der Waals surface area (Å²) in [5.74, 6) is -1.13. The van der Waals surface area contributed by atoms with Gasteiger partial charge in [0.1, 0.15) is 11.3 Å². The summed E-state index contributed by atoms with van der Waals surface area (Å²) in [5, 5.41) is 11.2. The maximum atomic E-state index is 14.3. The quantitative estimate of drug-likeness (QED) is 0.126. The van der Waals surface area contributed by atoms with Gasteiger partial charge >= 0.3 is 5.97 Å². The van der Waals surface area contributed by atoms with E-state index in [-0.39, 0.29) is 41.8 Å². The van der Waals surface area contributed by atoms with Gasteiger partial charge in [0, 0.05) is 23.1 Å². The highest BCUT2D eigenvalue weighted by molar-refractivity contribution is 9.10. The number of halogens is 2. The number of anilines is 3. The van der Waals surface area contributed by atoms with E-state index in [1.165, 1.54) is 19.6 Å². The lowest BCUT2D eigenvalue weighted by Gasteiger charge is -2.35. The summed E-state index contributed by atoms with van der Waals surface area (Å²) in [5.41, 5.74) is 10.0. The van der Waals surface area contributed by atoms with Crippen LogP contribution >= 0.6 is 28.3 Å². The molecule has 10 heteroatoms. The molecule has 1 amide bonds. The molecule has 4 aromatic carbocycles. The molecule has 1 aliphatic heterocycles. The number of hydrazine groups is 1. The summed E-state index contributed by atoms with van der Waals surface area (Å²) >= 11 is 3.48. The lowest BCUT2D eigenvalue weighted by molar-refractivity contribution is -0.117. The molecule has 46 heavy (non-hydrogen) atoms. The normalized spacial score (nSPS) is 12.6. The summed E-state index contributed by atoms with van der Waals surface area (Å²) in [7, 11) is 1.41. The number of amides is 1. The number of piperidine rings is 1. The van der Waals surface area contributed by atoms with Crippen molar-refractivity contribution in [1.29, 1.82) is 0 Å². The summed E-state index contributed by atoms with van der Waals surface area (Å²) in [6.07, 6.45) is 3.35. The summed E-state index contributed by atoms with van der Waals surface area (Å²) in [4.78, 5) is 40.1. The fourth-order valence-corrected chi connectivity index (χ4v) is 6.12. The Morgan fingerprint density at radius 3 is 2.15 bits per heavy atom. The number of aromatic carboxylic acids is 1. The first-order valence-corrected chi connectivity index (χ1v) is 15.7. The lowest BCUT2D eigenvalue weighted by Crippen LogP contribution is -2.40. The van der Waals surface area contributed by atoms with Crippen molar-refractivity contribution in [3.05, 3.63) is 106 Å². The smallest absolute Gasteiger partial charge is 0.339 e. The largest absolute Gasteiger partial charge is 0.496 e. The van der Waals surface area contributed by atoms with Gasteiger partial charge in [-0.05, 0) is 85.7 Å². The minimum atomic E-state index is -1.11. The van der Waals surface area contributed by atoms with E-state index < -0.39 is 5.97 Å². The Bertz CT molecular complexity index is 1720. The van der Waals surface area contributed by atoms with Crippen LogP contribution in [0.25, 0.3) is 11.1 Å². The van der Waals surface area contributed by atoms with E-state index in [4.69, 9.17) is 4.74 Å². The Hall–Kier alpha value is -4.34. The number of para-hydroxylation sites is 1. The molecular formula is C36H37BrClN3O5. The number of carboxylic acids is 1. The second-order valence-corrected chi connectivity index (χ2v) is 12.0. The van der Waals surface area contributed by atoms with Crippen LogP contribution in [0.5, 0.6) is 5.75 Å². The first-order chi connectivity index (χ1) is 21.7. The first-order valence-electron chi connectivity index (χ1n) is 14.9. The third-order valence-electron chi connectivity index (χ3n) is 8.08. The molecule has 1 fully saturated rings. The molecule has 1 aliphatic rings. The van der Waals surface area contributed by atoms with Gasteiger partial charge in [0.05, 0.1) is 30.6 Å². The van der Waals surface area contributed by atoms with Crippen LogP contribution in [0.15, 0.2) is 83.3 Å². The number of carbonyl (C=O) groups excluding carboxylic acids is 2. The minimum Gasteiger partial charge on any atom is -0.496 e. The molecule has 0 spiro atoms. The van der Waals surface area contributed by atoms with Crippen LogP contribution in [-0.2, 0) is 11.2 Å². The number of carbonyl (C=O) groups is 3. The van der Waals surface area contributed by atoms with Crippen molar-refractivity contribution in [3.63, 3.8) is 0 Å². The number of rotatable bonds is 10. The van der Waals surface area contributed by atoms with E-state index in [1.807, 2.05) is 67.6 Å². The van der Waals surface area contributed by atoms with Crippen molar-refractivity contribution in [1.82, 2.24) is 0 Å². The van der Waals surface area contributed by atoms with E-state index in [0.29, 0.717) is 15.6 Å². The Morgan fingerprint density at radius 2 is 1.57 bits per heavy atom. The fraction of sp³-hybridized carbons (Fsp3) is 0.250. The monoisotopic (exact) mass is 705 g/mol. The Morgan fingerprint density at radius 1 is 0.935 bits per heavy atom. The van der Waals surface area contributed by atoms with Crippen LogP contribution < -0.4 is 20.1 Å². The molecule has 8 nitrogen and oxygen atoms in total. The van der Waals surface area contributed by atoms with Gasteiger partial charge in [0.2, 0.25) is 5.91 Å². The molecule has 0 aromatic heterocycles. The predicted octanol–water partition coefficient (Wildman–Crippen LogP) is 8.35. The zero-order valence-electron chi connectivity index (χ0n) is 26.0. The van der Waals surface area contributed by atoms with Crippen molar-refractivity contribution in [3.8, 4) is 16.9 Å². The van der Waals surface area contributed by atoms with Crippen molar-refractivity contribution in [2.75, 3.05) is 35.5 Å². The van der Waals surface area contributed by atoms with Crippen molar-refractivity contribution in [2.45, 2.75) is 39.5 Å². The number of nitrogens with one attached hydrogen (secondary N) is 1. The van der Waals surface area contributed by atoms with Crippen LogP contribution in [0.1, 0.15) is 58.0 Å². The molecule has 0 unspecified atom stereocenters. The third kappa shape index (κ3) is 7.71. The number of aryl methyl sites for hydroxylation is 1. The number of Topliss-reactive ketones (excluding diaryl/α,β-unsaturated/α-hetero) is 1. The maximum absolute atomic E-state index is 14.3. The van der Waals surface area contributed by atoms with E-state index in [2.05, 4.69) is 32.3 Å². The fourth-order valence-electron chi connectivity index (χ4n) is 5.64. The summed E-state index contributed by atoms with van der Waals surface area (Å²) in [6.45, 7) is 5.37. The number of methoxy groups -OCH3 is 1. The molecular weight excluding hydrogens is 670 g/mol. The van der Waals surface area contributed by atoms with Gasteiger partial charge in [-0.15, -0.1) is 12.4 Å². The van der Waals surface area contributed by atoms with Crippen LogP contribution in [0.4, 0.5) is 17.1 Å². The Kier molecular flexibility index (Phi) is 11.5. The van der Waals surface area contributed by atoms with E-state index in [0.717, 1.165) is 59.7 Å². The van der Waals surface area contributed by atoms with Gasteiger partial charge in [0.15, 0.2) is 5.78 Å². The van der Waals surface area contributed by atoms with Crippen molar-refractivity contribution >= 4 is 63.1 Å². The van der Waals surface area contributed by atoms with Crippen LogP contribution in [0.3, 0.4) is 0 Å². The van der Waals surface area contributed by atoms with Crippen molar-refractivity contribution in [2.24, 2.45) is 0 Å². The average molecular weight is 707 g/mol. The topological polar surface area (TPSA) is 99.2 Å². The van der Waals surface area contributed by atoms with E-state index in [9.17, 15) is 19.5 Å². The summed E-state index contributed by atoms with van der Waals surface area (Å²) < 4.78 is 5.85. The molecule has 2 N–H and O–H groups in total. The first kappa shape index (κ1) is 34.5. The third-order valence-corrected chi connectivity index (χ3v) is 8.82. The summed E-state index contributed by atoms with van der Waals surface area (Å²) in [6, 6.07) is 24.4. The number of benzene rings is 4. The van der Waals surface area contributed by atoms with Crippen LogP contribution in [-0.4, -0.2) is 43.0 Å². The maximum Gasteiger partial charge on any atom is 0.339 e. The van der Waals surface area contributed by atoms with Gasteiger partial charge in [-0.3, -0.25) is 15.0 Å². The van der Waals surface area contributed by atoms with Gasteiger partial charge in [-0.1, -0.05) is 64.5 Å². The number of ketones is 1. The SMILES string of the molecule is COc1cc(CC(=O)N(Nc2ccc(-c3ccc(C(C)=O)cc3)cc2)c2c(C)cccc2N2CCCCC2)c(Br)cc1C(=O)O.Cl. The highest BCUT2D eigenvalue weighted by atomic mass is 79.9. The number of carboxylic acid groups (broad SMARTS) is 1. The van der Waals surface area contributed by atoms with Crippen molar-refractivity contribution < 1.29 is 24.2 Å². The van der Waals surface area contributed by atoms with Gasteiger partial charge in [-0.2, -0.15) is 0 Å². The molecule has 1 saturated heterocycles. The zero-order chi connectivity index (χ0) is 32.1. The predicted molar refractivity (Wildman–Crippen MR) is 189 cm³/mol. The molecule has 1 heterocycles. The highest BCUT2D eigenvalue weighted by Crippen LogP contribution is 2.36. The van der Waals surface area contributed by atoms with Gasteiger partial charge in [0.25, 0.3) is 0 Å². The Balaban J connectivity index is 0.00000480. The van der Waals surface area contributed by atoms with Crippen LogP contribution in [0, 0.1) is 6.92 Å². The molecule has 240 valence electrons. The number of ether oxygens (including phenoxy) is 1. The van der Waals surface area contributed by atoms with E-state index in [1.54, 1.807) is 18.0 Å². The second-order valence-electron chi connectivity index (χ2n) is 11.2. The molecule has 4 aromatic rings. The number of hydrogen-bond acceptors (Lipinski definition) is 6. The highest BCUT2D eigenvalue weighted by Gasteiger charge is 2.26. The van der Waals surface area contributed by atoms with Crippen LogP contribution in [0.2, 0.25) is 0 Å².